The second kappa shape index (κ2) is 7.56. The van der Waals surface area contributed by atoms with Crippen LogP contribution >= 0.6 is 0 Å². The van der Waals surface area contributed by atoms with Gasteiger partial charge in [-0.05, 0) is 5.56 Å². The maximum Gasteiger partial charge on any atom is 0.129 e. The van der Waals surface area contributed by atoms with Crippen molar-refractivity contribution in [3.05, 3.63) is 65.2 Å². The zero-order valence-corrected chi connectivity index (χ0v) is 11.8. The third-order valence-electron chi connectivity index (χ3n) is 2.45. The van der Waals surface area contributed by atoms with E-state index in [2.05, 4.69) is 6.07 Å². The first-order valence-electron chi connectivity index (χ1n) is 5.44. The van der Waals surface area contributed by atoms with Gasteiger partial charge in [-0.2, -0.15) is 17.7 Å². The molecule has 0 heterocycles. The van der Waals surface area contributed by atoms with E-state index in [1.54, 1.807) is 12.1 Å². The Labute approximate surface area is 137 Å². The summed E-state index contributed by atoms with van der Waals surface area (Å²) in [6.07, 6.45) is 0.807. The van der Waals surface area contributed by atoms with E-state index in [1.807, 2.05) is 37.3 Å². The normalized spacial score (nSPS) is 9.39. The van der Waals surface area contributed by atoms with Crippen molar-refractivity contribution in [2.45, 2.75) is 13.5 Å². The Kier molecular flexibility index (Phi) is 6.39. The monoisotopic (exact) mass is 391 g/mol. The Morgan fingerprint density at radius 3 is 2.67 bits per heavy atom. The molecule has 0 aliphatic rings. The molecule has 0 bridgehead atoms. The Balaban J connectivity index is 0.00000162. The molecule has 0 radical (unpaired) electrons. The van der Waals surface area contributed by atoms with Crippen LogP contribution in [-0.2, 0) is 6.61 Å². The quantitative estimate of drug-likeness (QED) is 0.590. The van der Waals surface area contributed by atoms with Crippen LogP contribution < -0.4 is 4.74 Å². The topological polar surface area (TPSA) is 26.3 Å². The van der Waals surface area contributed by atoms with Gasteiger partial charge in [-0.15, -0.1) is 6.07 Å². The van der Waals surface area contributed by atoms with E-state index >= 15 is 0 Å². The number of carbonyl (C=O) groups excluding carboxylic acids is 1. The molecule has 2 aromatic carbocycles. The van der Waals surface area contributed by atoms with E-state index in [0.29, 0.717) is 17.9 Å². The predicted octanol–water partition coefficient (Wildman–Crippen LogP) is 3.19. The molecule has 0 aliphatic heterocycles. The molecule has 0 aromatic heterocycles. The Morgan fingerprint density at radius 1 is 1.28 bits per heavy atom. The van der Waals surface area contributed by atoms with Gasteiger partial charge in [0.05, 0.1) is 6.61 Å². The zero-order chi connectivity index (χ0) is 12.1. The van der Waals surface area contributed by atoms with E-state index in [4.69, 9.17) is 4.74 Å². The molecule has 2 aromatic rings. The Morgan fingerprint density at radius 2 is 2.00 bits per heavy atom. The van der Waals surface area contributed by atoms with Crippen molar-refractivity contribution < 1.29 is 46.8 Å². The molecule has 0 spiro atoms. The molecule has 2 nitrogen and oxygen atoms in total. The van der Waals surface area contributed by atoms with Gasteiger partial charge >= 0.3 is 0 Å². The van der Waals surface area contributed by atoms with E-state index in [-0.39, 0.29) is 37.3 Å². The molecule has 0 amide bonds. The molecular formula is C15H13ErO2-. The number of hydrogen-bond donors (Lipinski definition) is 0. The van der Waals surface area contributed by atoms with Crippen LogP contribution in [-0.4, -0.2) is 6.29 Å². The van der Waals surface area contributed by atoms with Crippen molar-refractivity contribution in [2.75, 3.05) is 0 Å². The maximum atomic E-state index is 10.9. The van der Waals surface area contributed by atoms with Crippen molar-refractivity contribution in [1.29, 1.82) is 0 Å². The fraction of sp³-hybridized carbons (Fsp3) is 0.133. The summed E-state index contributed by atoms with van der Waals surface area (Å²) in [4.78, 5) is 10.9. The number of ether oxygens (including phenoxy) is 1. The van der Waals surface area contributed by atoms with Crippen molar-refractivity contribution in [1.82, 2.24) is 0 Å². The van der Waals surface area contributed by atoms with Crippen LogP contribution in [0.5, 0.6) is 5.75 Å². The van der Waals surface area contributed by atoms with Gasteiger partial charge in [0.15, 0.2) is 0 Å². The van der Waals surface area contributed by atoms with Gasteiger partial charge in [-0.3, -0.25) is 0 Å². The van der Waals surface area contributed by atoms with E-state index in [9.17, 15) is 4.79 Å². The van der Waals surface area contributed by atoms with Gasteiger partial charge in [0, 0.05) is 43.1 Å². The van der Waals surface area contributed by atoms with Gasteiger partial charge in [0.25, 0.3) is 0 Å². The number of rotatable bonds is 4. The number of hydrogen-bond acceptors (Lipinski definition) is 2. The molecule has 2 rings (SSSR count). The summed E-state index contributed by atoms with van der Waals surface area (Å²) in [6.45, 7) is 2.35. The summed E-state index contributed by atoms with van der Waals surface area (Å²) in [5, 5.41) is 0. The first-order chi connectivity index (χ1) is 8.29. The average molecular weight is 393 g/mol. The molecule has 0 N–H and O–H groups in total. The van der Waals surface area contributed by atoms with E-state index in [1.165, 1.54) is 0 Å². The second-order valence-electron chi connectivity index (χ2n) is 3.83. The summed E-state index contributed by atoms with van der Waals surface area (Å²) in [6, 6.07) is 16.4. The number of carbonyl (C=O) groups is 1. The van der Waals surface area contributed by atoms with Gasteiger partial charge in [0.1, 0.15) is 6.29 Å². The van der Waals surface area contributed by atoms with E-state index < -0.39 is 0 Å². The first kappa shape index (κ1) is 15.2. The predicted molar refractivity (Wildman–Crippen MR) is 66.2 cm³/mol. The molecule has 0 saturated heterocycles. The minimum Gasteiger partial charge on any atom is -0.546 e. The van der Waals surface area contributed by atoms with Crippen LogP contribution in [0.25, 0.3) is 0 Å². The first-order valence-corrected chi connectivity index (χ1v) is 5.44. The minimum atomic E-state index is 0. The van der Waals surface area contributed by atoms with Crippen LogP contribution in [0.4, 0.5) is 0 Å². The molecule has 0 aliphatic carbocycles. The summed E-state index contributed by atoms with van der Waals surface area (Å²) in [7, 11) is 0. The van der Waals surface area contributed by atoms with E-state index in [0.717, 1.165) is 17.4 Å². The number of aldehydes is 1. The molecule has 0 saturated carbocycles. The second-order valence-corrected chi connectivity index (χ2v) is 3.83. The van der Waals surface area contributed by atoms with Crippen molar-refractivity contribution in [2.24, 2.45) is 0 Å². The molecule has 18 heavy (non-hydrogen) atoms. The van der Waals surface area contributed by atoms with Crippen LogP contribution in [0, 0.1) is 50.3 Å². The van der Waals surface area contributed by atoms with Gasteiger partial charge < -0.3 is 9.53 Å². The van der Waals surface area contributed by atoms with Crippen LogP contribution in [0.15, 0.2) is 42.5 Å². The van der Waals surface area contributed by atoms with Crippen LogP contribution in [0.2, 0.25) is 0 Å². The van der Waals surface area contributed by atoms with Crippen molar-refractivity contribution in [3.8, 4) is 5.75 Å². The number of aryl methyl sites for hydroxylation is 1. The molecule has 3 heteroatoms. The van der Waals surface area contributed by atoms with Gasteiger partial charge in [-0.25, -0.2) is 0 Å². The SMILES string of the molecule is Cc1[c-]cc(OCc2ccccc2)c(C=O)c1.[Er]. The van der Waals surface area contributed by atoms with Crippen molar-refractivity contribution >= 4 is 6.29 Å². The maximum absolute atomic E-state index is 10.9. The molecule has 0 fully saturated rings. The van der Waals surface area contributed by atoms with Crippen molar-refractivity contribution in [3.63, 3.8) is 0 Å². The largest absolute Gasteiger partial charge is 0.546 e. The number of benzene rings is 2. The van der Waals surface area contributed by atoms with Gasteiger partial charge in [0.2, 0.25) is 0 Å². The fourth-order valence-electron chi connectivity index (χ4n) is 1.56. The molecule has 98 valence electrons. The summed E-state index contributed by atoms with van der Waals surface area (Å²) >= 11 is 0. The third-order valence-corrected chi connectivity index (χ3v) is 2.45. The fourth-order valence-corrected chi connectivity index (χ4v) is 1.56. The summed E-state index contributed by atoms with van der Waals surface area (Å²) in [5.74, 6) is 0.578. The summed E-state index contributed by atoms with van der Waals surface area (Å²) < 4.78 is 5.61. The third kappa shape index (κ3) is 4.12. The van der Waals surface area contributed by atoms with Crippen LogP contribution in [0.3, 0.4) is 0 Å². The summed E-state index contributed by atoms with van der Waals surface area (Å²) in [5.41, 5.74) is 2.57. The average Bonchev–Trinajstić information content (AvgIpc) is 2.38. The Hall–Kier alpha value is -0.843. The smallest absolute Gasteiger partial charge is 0.129 e. The standard InChI is InChI=1S/C15H13O2.Er/c1-12-7-8-15(14(9-12)10-16)17-11-13-5-3-2-4-6-13;/h2-6,8-10H,11H2,1H3;/q-1;. The zero-order valence-electron chi connectivity index (χ0n) is 9.93. The molecular weight excluding hydrogens is 379 g/mol. The van der Waals surface area contributed by atoms with Gasteiger partial charge in [-0.1, -0.05) is 42.8 Å². The molecule has 0 atom stereocenters. The van der Waals surface area contributed by atoms with Crippen LogP contribution in [0.1, 0.15) is 21.5 Å². The minimum absolute atomic E-state index is 0. The molecule has 0 unspecified atom stereocenters. The Bertz CT molecular complexity index is 509.